The molecule has 2 rings (SSSR count). The second-order valence-electron chi connectivity index (χ2n) is 5.41. The summed E-state index contributed by atoms with van der Waals surface area (Å²) in [5.74, 6) is 0.284. The summed E-state index contributed by atoms with van der Waals surface area (Å²) < 4.78 is 9.97. The van der Waals surface area contributed by atoms with E-state index >= 15 is 0 Å². The molecule has 0 radical (unpaired) electrons. The van der Waals surface area contributed by atoms with Gasteiger partial charge in [0.1, 0.15) is 17.1 Å². The zero-order valence-corrected chi connectivity index (χ0v) is 16.0. The molecule has 0 unspecified atom stereocenters. The summed E-state index contributed by atoms with van der Waals surface area (Å²) >= 11 is 1.14. The Kier molecular flexibility index (Phi) is 7.87. The van der Waals surface area contributed by atoms with Gasteiger partial charge in [-0.25, -0.2) is 14.8 Å². The zero-order valence-electron chi connectivity index (χ0n) is 15.2. The van der Waals surface area contributed by atoms with E-state index < -0.39 is 5.97 Å². The van der Waals surface area contributed by atoms with Crippen LogP contribution in [-0.4, -0.2) is 47.9 Å². The van der Waals surface area contributed by atoms with E-state index in [1.165, 1.54) is 6.20 Å². The number of amides is 1. The number of hydrogen-bond donors (Lipinski definition) is 2. The first kappa shape index (κ1) is 20.5. The summed E-state index contributed by atoms with van der Waals surface area (Å²) in [6.07, 6.45) is 2.03. The van der Waals surface area contributed by atoms with E-state index in [-0.39, 0.29) is 29.6 Å². The van der Waals surface area contributed by atoms with Crippen molar-refractivity contribution in [2.75, 3.05) is 31.7 Å². The average Bonchev–Trinajstić information content (AvgIpc) is 2.67. The van der Waals surface area contributed by atoms with Crippen molar-refractivity contribution in [3.05, 3.63) is 41.6 Å². The van der Waals surface area contributed by atoms with Gasteiger partial charge < -0.3 is 20.5 Å². The van der Waals surface area contributed by atoms with Crippen LogP contribution < -0.4 is 15.8 Å². The van der Waals surface area contributed by atoms with Gasteiger partial charge in [-0.15, -0.1) is 0 Å². The Morgan fingerprint density at radius 1 is 1.26 bits per heavy atom. The second kappa shape index (κ2) is 10.4. The van der Waals surface area contributed by atoms with E-state index in [4.69, 9.17) is 15.2 Å². The molecule has 0 saturated carbocycles. The molecular formula is C18H22N4O4S. The van der Waals surface area contributed by atoms with Gasteiger partial charge in [-0.05, 0) is 31.0 Å². The van der Waals surface area contributed by atoms with E-state index in [1.54, 1.807) is 14.0 Å². The third kappa shape index (κ3) is 6.45. The number of methoxy groups -OCH3 is 1. The van der Waals surface area contributed by atoms with Crippen LogP contribution in [0.2, 0.25) is 0 Å². The molecule has 27 heavy (non-hydrogen) atoms. The van der Waals surface area contributed by atoms with Crippen LogP contribution in [0.25, 0.3) is 0 Å². The molecule has 3 N–H and O–H groups in total. The molecule has 1 amide bonds. The fourth-order valence-electron chi connectivity index (χ4n) is 2.13. The lowest BCUT2D eigenvalue weighted by Crippen LogP contribution is -2.27. The van der Waals surface area contributed by atoms with Crippen LogP contribution in [0.4, 0.5) is 5.82 Å². The van der Waals surface area contributed by atoms with E-state index in [9.17, 15) is 9.59 Å². The minimum atomic E-state index is -0.567. The fraction of sp³-hybridized carbons (Fsp3) is 0.333. The minimum Gasteiger partial charge on any atom is -0.497 e. The van der Waals surface area contributed by atoms with Crippen LogP contribution in [0.1, 0.15) is 22.8 Å². The quantitative estimate of drug-likeness (QED) is 0.377. The summed E-state index contributed by atoms with van der Waals surface area (Å²) in [6, 6.07) is 7.69. The fourth-order valence-corrected chi connectivity index (χ4v) is 2.79. The highest BCUT2D eigenvalue weighted by atomic mass is 32.2. The van der Waals surface area contributed by atoms with Crippen molar-refractivity contribution in [2.45, 2.75) is 18.5 Å². The maximum Gasteiger partial charge on any atom is 0.343 e. The van der Waals surface area contributed by atoms with Gasteiger partial charge in [-0.3, -0.25) is 4.79 Å². The summed E-state index contributed by atoms with van der Waals surface area (Å²) in [4.78, 5) is 31.7. The predicted octanol–water partition coefficient (Wildman–Crippen LogP) is 1.70. The molecule has 0 atom stereocenters. The predicted molar refractivity (Wildman–Crippen MR) is 103 cm³/mol. The molecule has 8 nitrogen and oxygen atoms in total. The zero-order chi connectivity index (χ0) is 19.6. The van der Waals surface area contributed by atoms with E-state index in [0.29, 0.717) is 11.7 Å². The maximum atomic E-state index is 11.9. The number of nitrogens with zero attached hydrogens (tertiary/aromatic N) is 2. The largest absolute Gasteiger partial charge is 0.497 e. The Morgan fingerprint density at radius 2 is 2.00 bits per heavy atom. The summed E-state index contributed by atoms with van der Waals surface area (Å²) in [5, 5.41) is 3.16. The third-order valence-electron chi connectivity index (χ3n) is 3.52. The lowest BCUT2D eigenvalue weighted by molar-refractivity contribution is -0.118. The molecule has 0 aliphatic rings. The smallest absolute Gasteiger partial charge is 0.343 e. The first-order valence-electron chi connectivity index (χ1n) is 8.35. The maximum absolute atomic E-state index is 11.9. The molecule has 2 aromatic rings. The van der Waals surface area contributed by atoms with Gasteiger partial charge in [0.2, 0.25) is 5.91 Å². The second-order valence-corrected chi connectivity index (χ2v) is 6.35. The highest BCUT2D eigenvalue weighted by Gasteiger charge is 2.14. The van der Waals surface area contributed by atoms with Crippen molar-refractivity contribution in [1.82, 2.24) is 15.3 Å². The summed E-state index contributed by atoms with van der Waals surface area (Å²) in [7, 11) is 1.62. The van der Waals surface area contributed by atoms with Gasteiger partial charge in [0, 0.05) is 12.7 Å². The van der Waals surface area contributed by atoms with Crippen LogP contribution in [-0.2, 0) is 16.0 Å². The van der Waals surface area contributed by atoms with E-state index in [1.807, 2.05) is 24.3 Å². The molecule has 0 spiro atoms. The average molecular weight is 390 g/mol. The van der Waals surface area contributed by atoms with E-state index in [2.05, 4.69) is 15.3 Å². The van der Waals surface area contributed by atoms with Gasteiger partial charge in [-0.2, -0.15) is 0 Å². The molecule has 9 heteroatoms. The Bertz CT molecular complexity index is 783. The normalized spacial score (nSPS) is 10.3. The number of nitrogens with two attached hydrogens (primary N) is 1. The van der Waals surface area contributed by atoms with Crippen LogP contribution >= 0.6 is 11.8 Å². The van der Waals surface area contributed by atoms with Gasteiger partial charge >= 0.3 is 5.97 Å². The number of carbonyl (C=O) groups excluding carboxylic acids is 2. The highest BCUT2D eigenvalue weighted by Crippen LogP contribution is 2.17. The summed E-state index contributed by atoms with van der Waals surface area (Å²) in [5.41, 5.74) is 6.97. The molecule has 0 saturated heterocycles. The SMILES string of the molecule is CCOC(=O)c1cnc(SCC(=O)NCCc2ccc(OC)cc2)nc1N. The first-order valence-corrected chi connectivity index (χ1v) is 9.34. The number of hydrogen-bond acceptors (Lipinski definition) is 8. The van der Waals surface area contributed by atoms with Crippen molar-refractivity contribution in [3.63, 3.8) is 0 Å². The van der Waals surface area contributed by atoms with Crippen LogP contribution in [0.15, 0.2) is 35.6 Å². The van der Waals surface area contributed by atoms with Crippen molar-refractivity contribution >= 4 is 29.5 Å². The molecular weight excluding hydrogens is 368 g/mol. The Labute approximate surface area is 161 Å². The van der Waals surface area contributed by atoms with Crippen LogP contribution in [0.3, 0.4) is 0 Å². The molecule has 0 bridgehead atoms. The van der Waals surface area contributed by atoms with Crippen molar-refractivity contribution in [2.24, 2.45) is 0 Å². The molecule has 0 aliphatic carbocycles. The molecule has 0 fully saturated rings. The standard InChI is InChI=1S/C18H22N4O4S/c1-3-26-17(24)14-10-21-18(22-16(14)19)27-11-15(23)20-9-8-12-4-6-13(25-2)7-5-12/h4-7,10H,3,8-9,11H2,1-2H3,(H,20,23)(H2,19,21,22). The first-order chi connectivity index (χ1) is 13.0. The molecule has 0 aliphatic heterocycles. The molecule has 1 aromatic carbocycles. The topological polar surface area (TPSA) is 116 Å². The van der Waals surface area contributed by atoms with Gasteiger partial charge in [0.15, 0.2) is 5.16 Å². The number of benzene rings is 1. The Hall–Kier alpha value is -2.81. The molecule has 144 valence electrons. The lowest BCUT2D eigenvalue weighted by Gasteiger charge is -2.07. The van der Waals surface area contributed by atoms with Gasteiger partial charge in [0.05, 0.1) is 19.5 Å². The number of aromatic nitrogens is 2. The number of thioether (sulfide) groups is 1. The van der Waals surface area contributed by atoms with Crippen molar-refractivity contribution in [1.29, 1.82) is 0 Å². The van der Waals surface area contributed by atoms with Crippen molar-refractivity contribution in [3.8, 4) is 5.75 Å². The number of nitrogen functional groups attached to an aromatic ring is 1. The van der Waals surface area contributed by atoms with Crippen molar-refractivity contribution < 1.29 is 19.1 Å². The van der Waals surface area contributed by atoms with Crippen LogP contribution in [0.5, 0.6) is 5.75 Å². The Morgan fingerprint density at radius 3 is 2.63 bits per heavy atom. The van der Waals surface area contributed by atoms with Crippen LogP contribution in [0, 0.1) is 0 Å². The monoisotopic (exact) mass is 390 g/mol. The Balaban J connectivity index is 1.76. The number of esters is 1. The van der Waals surface area contributed by atoms with Gasteiger partial charge in [0.25, 0.3) is 0 Å². The van der Waals surface area contributed by atoms with E-state index in [0.717, 1.165) is 29.5 Å². The number of anilines is 1. The number of rotatable bonds is 9. The number of carbonyl (C=O) groups is 2. The number of ether oxygens (including phenoxy) is 2. The number of nitrogens with one attached hydrogen (secondary N) is 1. The molecule has 1 aromatic heterocycles. The lowest BCUT2D eigenvalue weighted by atomic mass is 10.1. The third-order valence-corrected chi connectivity index (χ3v) is 4.38. The molecule has 1 heterocycles. The highest BCUT2D eigenvalue weighted by molar-refractivity contribution is 7.99. The summed E-state index contributed by atoms with van der Waals surface area (Å²) in [6.45, 7) is 2.47. The minimum absolute atomic E-state index is 0.0332. The van der Waals surface area contributed by atoms with Gasteiger partial charge in [-0.1, -0.05) is 23.9 Å².